The second kappa shape index (κ2) is 4.43. The molecule has 1 aliphatic rings. The highest BCUT2D eigenvalue weighted by Gasteiger charge is 2.23. The van der Waals surface area contributed by atoms with Crippen molar-refractivity contribution in [2.24, 2.45) is 0 Å². The first kappa shape index (κ1) is 11.4. The minimum Gasteiger partial charge on any atom is -0.398 e. The lowest BCUT2D eigenvalue weighted by Crippen LogP contribution is -2.44. The zero-order valence-corrected chi connectivity index (χ0v) is 10.3. The molecule has 0 radical (unpaired) electrons. The summed E-state index contributed by atoms with van der Waals surface area (Å²) in [6, 6.07) is 1.77. The van der Waals surface area contributed by atoms with Crippen LogP contribution in [0.1, 0.15) is 21.5 Å². The van der Waals surface area contributed by atoms with E-state index in [2.05, 4.69) is 0 Å². The maximum atomic E-state index is 12.1. The molecule has 4 nitrogen and oxygen atoms in total. The van der Waals surface area contributed by atoms with Crippen molar-refractivity contribution < 1.29 is 9.53 Å². The molecular formula is C11H16N2O2S. The summed E-state index contributed by atoms with van der Waals surface area (Å²) in [7, 11) is 0. The first-order valence-corrected chi connectivity index (χ1v) is 6.16. The third-order valence-corrected chi connectivity index (χ3v) is 3.75. The van der Waals surface area contributed by atoms with Gasteiger partial charge in [-0.05, 0) is 19.9 Å². The Bertz CT molecular complexity index is 383. The van der Waals surface area contributed by atoms with Crippen LogP contribution in [0.2, 0.25) is 0 Å². The van der Waals surface area contributed by atoms with Crippen molar-refractivity contribution in [1.82, 2.24) is 4.90 Å². The van der Waals surface area contributed by atoms with E-state index in [1.165, 1.54) is 11.3 Å². The number of amides is 1. The van der Waals surface area contributed by atoms with Crippen LogP contribution in [-0.2, 0) is 4.74 Å². The first-order chi connectivity index (χ1) is 7.58. The Balaban J connectivity index is 2.12. The molecule has 1 amide bonds. The lowest BCUT2D eigenvalue weighted by Gasteiger charge is -2.30. The Hall–Kier alpha value is -1.07. The van der Waals surface area contributed by atoms with Crippen LogP contribution in [0, 0.1) is 6.92 Å². The monoisotopic (exact) mass is 240 g/mol. The fraction of sp³-hybridized carbons (Fsp3) is 0.545. The maximum Gasteiger partial charge on any atom is 0.264 e. The van der Waals surface area contributed by atoms with Crippen LogP contribution in [-0.4, -0.2) is 36.6 Å². The highest BCUT2D eigenvalue weighted by molar-refractivity contribution is 7.14. The maximum absolute atomic E-state index is 12.1. The summed E-state index contributed by atoms with van der Waals surface area (Å²) in [6.45, 7) is 5.86. The number of thiophene rings is 1. The second-order valence-electron chi connectivity index (χ2n) is 4.05. The van der Waals surface area contributed by atoms with Crippen LogP contribution >= 0.6 is 11.3 Å². The zero-order chi connectivity index (χ0) is 11.7. The largest absolute Gasteiger partial charge is 0.398 e. The molecule has 1 fully saturated rings. The third kappa shape index (κ3) is 2.20. The molecule has 1 atom stereocenters. The van der Waals surface area contributed by atoms with Gasteiger partial charge in [0.05, 0.1) is 17.6 Å². The predicted octanol–water partition coefficient (Wildman–Crippen LogP) is 1.50. The third-order valence-electron chi connectivity index (χ3n) is 2.70. The van der Waals surface area contributed by atoms with Crippen LogP contribution in [0.15, 0.2) is 6.07 Å². The minimum atomic E-state index is 0.0694. The summed E-state index contributed by atoms with van der Waals surface area (Å²) >= 11 is 1.46. The Morgan fingerprint density at radius 1 is 1.69 bits per heavy atom. The van der Waals surface area contributed by atoms with E-state index >= 15 is 0 Å². The summed E-state index contributed by atoms with van der Waals surface area (Å²) < 4.78 is 5.41. The van der Waals surface area contributed by atoms with E-state index in [1.807, 2.05) is 18.7 Å². The van der Waals surface area contributed by atoms with Crippen molar-refractivity contribution in [3.05, 3.63) is 15.8 Å². The van der Waals surface area contributed by atoms with Gasteiger partial charge >= 0.3 is 0 Å². The highest BCUT2D eigenvalue weighted by Crippen LogP contribution is 2.25. The van der Waals surface area contributed by atoms with Gasteiger partial charge < -0.3 is 15.4 Å². The van der Waals surface area contributed by atoms with E-state index in [4.69, 9.17) is 10.5 Å². The highest BCUT2D eigenvalue weighted by atomic mass is 32.1. The molecule has 1 saturated heterocycles. The van der Waals surface area contributed by atoms with E-state index in [1.54, 1.807) is 6.07 Å². The number of anilines is 1. The molecule has 2 heterocycles. The molecule has 1 aliphatic heterocycles. The molecule has 16 heavy (non-hydrogen) atoms. The molecule has 0 aromatic carbocycles. The van der Waals surface area contributed by atoms with Gasteiger partial charge in [0.15, 0.2) is 0 Å². The number of nitrogen functional groups attached to an aromatic ring is 1. The number of hydrogen-bond acceptors (Lipinski definition) is 4. The molecule has 0 bridgehead atoms. The molecule has 0 aliphatic carbocycles. The Kier molecular flexibility index (Phi) is 3.16. The number of aryl methyl sites for hydroxylation is 1. The van der Waals surface area contributed by atoms with E-state index in [0.29, 0.717) is 25.4 Å². The van der Waals surface area contributed by atoms with Crippen molar-refractivity contribution in [3.63, 3.8) is 0 Å². The standard InChI is InChI=1S/C11H16N2O2S/c1-7-6-13(3-4-15-7)11(14)10-5-9(12)8(2)16-10/h5,7H,3-4,6,12H2,1-2H3. The van der Waals surface area contributed by atoms with Gasteiger partial charge in [0.1, 0.15) is 0 Å². The van der Waals surface area contributed by atoms with E-state index in [9.17, 15) is 4.79 Å². The summed E-state index contributed by atoms with van der Waals surface area (Å²) in [5.41, 5.74) is 6.45. The quantitative estimate of drug-likeness (QED) is 0.809. The summed E-state index contributed by atoms with van der Waals surface area (Å²) in [5, 5.41) is 0. The van der Waals surface area contributed by atoms with Gasteiger partial charge in [-0.15, -0.1) is 11.3 Å². The normalized spacial score (nSPS) is 21.1. The number of hydrogen-bond donors (Lipinski definition) is 1. The van der Waals surface area contributed by atoms with Gasteiger partial charge in [-0.1, -0.05) is 0 Å². The van der Waals surface area contributed by atoms with E-state index in [0.717, 1.165) is 9.75 Å². The lowest BCUT2D eigenvalue weighted by atomic mass is 10.2. The Morgan fingerprint density at radius 2 is 2.44 bits per heavy atom. The number of ether oxygens (including phenoxy) is 1. The molecule has 2 N–H and O–H groups in total. The lowest BCUT2D eigenvalue weighted by molar-refractivity contribution is -0.0122. The van der Waals surface area contributed by atoms with Crippen LogP contribution in [0.25, 0.3) is 0 Å². The molecule has 1 aromatic heterocycles. The molecule has 5 heteroatoms. The number of nitrogens with zero attached hydrogens (tertiary/aromatic N) is 1. The van der Waals surface area contributed by atoms with E-state index < -0.39 is 0 Å². The SMILES string of the molecule is Cc1sc(C(=O)N2CCOC(C)C2)cc1N. The molecular weight excluding hydrogens is 224 g/mol. The fourth-order valence-corrected chi connectivity index (χ4v) is 2.67. The molecule has 1 unspecified atom stereocenters. The second-order valence-corrected chi connectivity index (χ2v) is 5.31. The van der Waals surface area contributed by atoms with Crippen molar-refractivity contribution in [2.45, 2.75) is 20.0 Å². The van der Waals surface area contributed by atoms with Gasteiger partial charge in [0.2, 0.25) is 0 Å². The topological polar surface area (TPSA) is 55.6 Å². The number of carbonyl (C=O) groups is 1. The van der Waals surface area contributed by atoms with Gasteiger partial charge in [-0.2, -0.15) is 0 Å². The number of nitrogens with two attached hydrogens (primary N) is 1. The number of carbonyl (C=O) groups excluding carboxylic acids is 1. The molecule has 0 saturated carbocycles. The van der Waals surface area contributed by atoms with Crippen LogP contribution in [0.4, 0.5) is 5.69 Å². The Labute approximate surface area is 99.0 Å². The smallest absolute Gasteiger partial charge is 0.264 e. The predicted molar refractivity (Wildman–Crippen MR) is 64.8 cm³/mol. The van der Waals surface area contributed by atoms with Crippen molar-refractivity contribution in [3.8, 4) is 0 Å². The van der Waals surface area contributed by atoms with Crippen molar-refractivity contribution >= 4 is 22.9 Å². The zero-order valence-electron chi connectivity index (χ0n) is 9.53. The first-order valence-electron chi connectivity index (χ1n) is 5.34. The summed E-state index contributed by atoms with van der Waals surface area (Å²) in [4.78, 5) is 15.7. The van der Waals surface area contributed by atoms with Gasteiger partial charge in [-0.3, -0.25) is 4.79 Å². The fourth-order valence-electron chi connectivity index (χ4n) is 1.76. The van der Waals surface area contributed by atoms with Gasteiger partial charge in [0.25, 0.3) is 5.91 Å². The summed E-state index contributed by atoms with van der Waals surface area (Å²) in [5.74, 6) is 0.0694. The van der Waals surface area contributed by atoms with Crippen LogP contribution in [0.5, 0.6) is 0 Å². The average molecular weight is 240 g/mol. The van der Waals surface area contributed by atoms with E-state index in [-0.39, 0.29) is 12.0 Å². The van der Waals surface area contributed by atoms with Crippen molar-refractivity contribution in [2.75, 3.05) is 25.4 Å². The van der Waals surface area contributed by atoms with Crippen LogP contribution in [0.3, 0.4) is 0 Å². The average Bonchev–Trinajstić information content (AvgIpc) is 2.58. The molecule has 2 rings (SSSR count). The van der Waals surface area contributed by atoms with Crippen LogP contribution < -0.4 is 5.73 Å². The van der Waals surface area contributed by atoms with Crippen molar-refractivity contribution in [1.29, 1.82) is 0 Å². The van der Waals surface area contributed by atoms with Gasteiger partial charge in [0, 0.05) is 23.7 Å². The molecule has 0 spiro atoms. The van der Waals surface area contributed by atoms with Gasteiger partial charge in [-0.25, -0.2) is 0 Å². The molecule has 88 valence electrons. The number of morpholine rings is 1. The Morgan fingerprint density at radius 3 is 3.00 bits per heavy atom. The minimum absolute atomic E-state index is 0.0694. The summed E-state index contributed by atoms with van der Waals surface area (Å²) in [6.07, 6.45) is 0.121. The number of rotatable bonds is 1. The molecule has 1 aromatic rings.